The molecule has 2 aromatic carbocycles. The SMILES string of the molecule is CCO[C@]1(C)OC(N=[N+]=[N-])C[C@H]1N1C(=O)O[C@@H](c2ccccc2)[C@H]1c1ccccc1. The molecule has 0 aliphatic carbocycles. The number of rotatable bonds is 6. The summed E-state index contributed by atoms with van der Waals surface area (Å²) in [5.41, 5.74) is 10.7. The number of hydrogen-bond donors (Lipinski definition) is 0. The van der Waals surface area contributed by atoms with Crippen molar-refractivity contribution in [2.75, 3.05) is 6.61 Å². The van der Waals surface area contributed by atoms with Crippen molar-refractivity contribution in [1.29, 1.82) is 0 Å². The highest BCUT2D eigenvalue weighted by atomic mass is 16.7. The van der Waals surface area contributed by atoms with Gasteiger partial charge in [0, 0.05) is 17.9 Å². The highest BCUT2D eigenvalue weighted by Gasteiger charge is 2.56. The van der Waals surface area contributed by atoms with Crippen molar-refractivity contribution in [2.45, 2.75) is 50.5 Å². The number of ether oxygens (including phenoxy) is 3. The largest absolute Gasteiger partial charge is 0.439 e. The summed E-state index contributed by atoms with van der Waals surface area (Å²) in [6, 6.07) is 18.6. The normalized spacial score (nSPS) is 30.7. The molecule has 0 spiro atoms. The third kappa shape index (κ3) is 3.61. The van der Waals surface area contributed by atoms with E-state index in [1.807, 2.05) is 67.6 Å². The molecule has 2 heterocycles. The van der Waals surface area contributed by atoms with Crippen LogP contribution in [0.25, 0.3) is 10.4 Å². The van der Waals surface area contributed by atoms with Crippen LogP contribution in [0.2, 0.25) is 0 Å². The van der Waals surface area contributed by atoms with Gasteiger partial charge in [0.05, 0.1) is 6.04 Å². The molecule has 2 aliphatic rings. The first-order valence-corrected chi connectivity index (χ1v) is 10.0. The number of benzene rings is 2. The first kappa shape index (κ1) is 20.2. The molecular formula is C22H24N4O4. The molecule has 8 heteroatoms. The zero-order valence-electron chi connectivity index (χ0n) is 16.9. The maximum Gasteiger partial charge on any atom is 0.411 e. The van der Waals surface area contributed by atoms with Gasteiger partial charge in [-0.3, -0.25) is 4.90 Å². The molecule has 0 aromatic heterocycles. The van der Waals surface area contributed by atoms with Crippen molar-refractivity contribution in [3.8, 4) is 0 Å². The van der Waals surface area contributed by atoms with Gasteiger partial charge in [0.2, 0.25) is 0 Å². The Bertz CT molecular complexity index is 935. The van der Waals surface area contributed by atoms with Gasteiger partial charge >= 0.3 is 6.09 Å². The zero-order valence-corrected chi connectivity index (χ0v) is 16.9. The van der Waals surface area contributed by atoms with Gasteiger partial charge in [0.25, 0.3) is 0 Å². The number of cyclic esters (lactones) is 1. The standard InChI is InChI=1S/C22H24N4O4/c1-3-28-22(2)17(14-18(30-22)24-25-23)26-19(15-10-6-4-7-11-15)20(29-21(26)27)16-12-8-5-9-13-16/h4-13,17-20H,3,14H2,1-2H3/t17-,18?,19-,20+,22-/m1/s1. The minimum absolute atomic E-state index is 0.320. The Hall–Kier alpha value is -3.06. The average Bonchev–Trinajstić information content (AvgIpc) is 3.26. The molecule has 0 N–H and O–H groups in total. The van der Waals surface area contributed by atoms with Gasteiger partial charge in [0.15, 0.2) is 11.9 Å². The summed E-state index contributed by atoms with van der Waals surface area (Å²) in [7, 11) is 0. The van der Waals surface area contributed by atoms with Gasteiger partial charge < -0.3 is 14.2 Å². The molecule has 1 unspecified atom stereocenters. The Labute approximate surface area is 175 Å². The molecule has 0 radical (unpaired) electrons. The third-order valence-corrected chi connectivity index (χ3v) is 5.64. The molecule has 4 rings (SSSR count). The van der Waals surface area contributed by atoms with Crippen LogP contribution in [0.3, 0.4) is 0 Å². The molecule has 30 heavy (non-hydrogen) atoms. The van der Waals surface area contributed by atoms with Crippen LogP contribution in [0, 0.1) is 0 Å². The molecule has 2 aromatic rings. The van der Waals surface area contributed by atoms with Crippen LogP contribution in [0.15, 0.2) is 65.8 Å². The van der Waals surface area contributed by atoms with E-state index in [4.69, 9.17) is 19.7 Å². The number of carbonyl (C=O) groups excluding carboxylic acids is 1. The van der Waals surface area contributed by atoms with Crippen molar-refractivity contribution in [1.82, 2.24) is 4.90 Å². The van der Waals surface area contributed by atoms with Gasteiger partial charge in [-0.05, 0) is 30.5 Å². The summed E-state index contributed by atoms with van der Waals surface area (Å²) in [4.78, 5) is 17.7. The molecule has 1 amide bonds. The van der Waals surface area contributed by atoms with Crippen LogP contribution >= 0.6 is 0 Å². The van der Waals surface area contributed by atoms with Crippen LogP contribution < -0.4 is 0 Å². The summed E-state index contributed by atoms with van der Waals surface area (Å²) < 4.78 is 17.7. The van der Waals surface area contributed by atoms with Crippen molar-refractivity contribution in [3.05, 3.63) is 82.2 Å². The van der Waals surface area contributed by atoms with Crippen molar-refractivity contribution in [3.63, 3.8) is 0 Å². The molecule has 2 fully saturated rings. The second-order valence-electron chi connectivity index (χ2n) is 7.46. The van der Waals surface area contributed by atoms with Gasteiger partial charge in [0.1, 0.15) is 12.3 Å². The Morgan fingerprint density at radius 3 is 2.40 bits per heavy atom. The van der Waals surface area contributed by atoms with E-state index in [1.54, 1.807) is 11.8 Å². The van der Waals surface area contributed by atoms with E-state index >= 15 is 0 Å². The molecule has 0 bridgehead atoms. The second kappa shape index (κ2) is 8.36. The predicted molar refractivity (Wildman–Crippen MR) is 109 cm³/mol. The fourth-order valence-corrected chi connectivity index (χ4v) is 4.41. The lowest BCUT2D eigenvalue weighted by atomic mass is 9.93. The van der Waals surface area contributed by atoms with Crippen molar-refractivity contribution in [2.24, 2.45) is 5.11 Å². The van der Waals surface area contributed by atoms with E-state index in [0.717, 1.165) is 11.1 Å². The Morgan fingerprint density at radius 1 is 1.17 bits per heavy atom. The second-order valence-corrected chi connectivity index (χ2v) is 7.46. The van der Waals surface area contributed by atoms with Gasteiger partial charge in [-0.25, -0.2) is 4.79 Å². The van der Waals surface area contributed by atoms with Crippen LogP contribution in [-0.2, 0) is 14.2 Å². The quantitative estimate of drug-likeness (QED) is 0.377. The number of azide groups is 1. The number of hydrogen-bond acceptors (Lipinski definition) is 5. The van der Waals surface area contributed by atoms with Gasteiger partial charge in [-0.15, -0.1) is 0 Å². The first-order chi connectivity index (χ1) is 14.6. The van der Waals surface area contributed by atoms with Crippen LogP contribution in [0.4, 0.5) is 4.79 Å². The molecular weight excluding hydrogens is 384 g/mol. The van der Waals surface area contributed by atoms with E-state index in [1.165, 1.54) is 0 Å². The summed E-state index contributed by atoms with van der Waals surface area (Å²) in [5, 5.41) is 3.72. The maximum atomic E-state index is 13.2. The minimum Gasteiger partial charge on any atom is -0.439 e. The Kier molecular flexibility index (Phi) is 5.63. The number of carbonyl (C=O) groups is 1. The van der Waals surface area contributed by atoms with E-state index in [-0.39, 0.29) is 6.04 Å². The predicted octanol–water partition coefficient (Wildman–Crippen LogP) is 5.10. The minimum atomic E-state index is -1.12. The summed E-state index contributed by atoms with van der Waals surface area (Å²) >= 11 is 0. The number of amides is 1. The van der Waals surface area contributed by atoms with E-state index < -0.39 is 30.3 Å². The fourth-order valence-electron chi connectivity index (χ4n) is 4.41. The zero-order chi connectivity index (χ0) is 21.1. The fraction of sp³-hybridized carbons (Fsp3) is 0.409. The van der Waals surface area contributed by atoms with Crippen molar-refractivity contribution < 1.29 is 19.0 Å². The average molecular weight is 408 g/mol. The monoisotopic (exact) mass is 408 g/mol. The Balaban J connectivity index is 1.78. The van der Waals surface area contributed by atoms with Crippen LogP contribution in [0.1, 0.15) is 43.5 Å². The number of nitrogens with zero attached hydrogens (tertiary/aromatic N) is 4. The highest BCUT2D eigenvalue weighted by molar-refractivity contribution is 5.72. The summed E-state index contributed by atoms with van der Waals surface area (Å²) in [5.74, 6) is -1.12. The molecule has 2 saturated heterocycles. The molecule has 0 saturated carbocycles. The third-order valence-electron chi connectivity index (χ3n) is 5.64. The van der Waals surface area contributed by atoms with E-state index in [0.29, 0.717) is 13.0 Å². The topological polar surface area (TPSA) is 96.8 Å². The van der Waals surface area contributed by atoms with Gasteiger partial charge in [-0.2, -0.15) is 0 Å². The molecule has 5 atom stereocenters. The molecule has 156 valence electrons. The summed E-state index contributed by atoms with van der Waals surface area (Å²) in [6.07, 6.45) is -1.33. The molecule has 2 aliphatic heterocycles. The van der Waals surface area contributed by atoms with Crippen LogP contribution in [-0.4, -0.2) is 35.7 Å². The Morgan fingerprint density at radius 2 is 1.80 bits per heavy atom. The maximum absolute atomic E-state index is 13.2. The smallest absolute Gasteiger partial charge is 0.411 e. The lowest BCUT2D eigenvalue weighted by Crippen LogP contribution is -2.51. The van der Waals surface area contributed by atoms with E-state index in [2.05, 4.69) is 10.0 Å². The lowest BCUT2D eigenvalue weighted by molar-refractivity contribution is -0.230. The van der Waals surface area contributed by atoms with E-state index in [9.17, 15) is 4.79 Å². The van der Waals surface area contributed by atoms with Crippen LogP contribution in [0.5, 0.6) is 0 Å². The first-order valence-electron chi connectivity index (χ1n) is 10.0. The lowest BCUT2D eigenvalue weighted by Gasteiger charge is -2.38. The summed E-state index contributed by atoms with van der Waals surface area (Å²) in [6.45, 7) is 4.02. The van der Waals surface area contributed by atoms with Crippen molar-refractivity contribution >= 4 is 6.09 Å². The highest BCUT2D eigenvalue weighted by Crippen LogP contribution is 2.49. The van der Waals surface area contributed by atoms with Gasteiger partial charge in [-0.1, -0.05) is 65.8 Å². The molecule has 8 nitrogen and oxygen atoms in total.